The van der Waals surface area contributed by atoms with E-state index in [2.05, 4.69) is 25.0 Å². The summed E-state index contributed by atoms with van der Waals surface area (Å²) >= 11 is 1.44. The van der Waals surface area contributed by atoms with Gasteiger partial charge in [-0.15, -0.1) is 11.3 Å². The number of aromatic hydroxyl groups is 1. The molecule has 13 heteroatoms. The Labute approximate surface area is 192 Å². The minimum atomic E-state index is -3.44. The molecule has 1 saturated heterocycles. The number of anilines is 1. The molecule has 0 atom stereocenters. The van der Waals surface area contributed by atoms with Crippen molar-refractivity contribution in [3.05, 3.63) is 47.9 Å². The van der Waals surface area contributed by atoms with Crippen LogP contribution in [0.25, 0.3) is 27.6 Å². The van der Waals surface area contributed by atoms with Crippen LogP contribution in [-0.4, -0.2) is 63.4 Å². The van der Waals surface area contributed by atoms with Crippen molar-refractivity contribution in [1.82, 2.24) is 28.4 Å². The first-order valence-corrected chi connectivity index (χ1v) is 12.5. The van der Waals surface area contributed by atoms with Crippen molar-refractivity contribution in [3.63, 3.8) is 0 Å². The van der Waals surface area contributed by atoms with Gasteiger partial charge in [-0.25, -0.2) is 24.1 Å². The quantitative estimate of drug-likeness (QED) is 0.380. The topological polar surface area (TPSA) is 125 Å². The molecule has 172 valence electrons. The second-order valence-corrected chi connectivity index (χ2v) is 10.0. The Morgan fingerprint density at radius 3 is 2.97 bits per heavy atom. The molecule has 1 aliphatic heterocycles. The standard InChI is InChI=1S/C20H20FN7O3S2/c21-14-3-2-13(12-16(14)29)17-18(28-10-11-32-20(28)26-17)15-4-6-22-19(25-15)23-7-9-27-8-1-5-24-33(27,30)31/h2-4,6,10-12,24,29H,1,5,7-9H2,(H,22,23,25). The smallest absolute Gasteiger partial charge is 0.279 e. The van der Waals surface area contributed by atoms with Crippen LogP contribution in [0.2, 0.25) is 0 Å². The van der Waals surface area contributed by atoms with Gasteiger partial charge in [-0.3, -0.25) is 4.40 Å². The molecule has 0 aliphatic carbocycles. The summed E-state index contributed by atoms with van der Waals surface area (Å²) in [7, 11) is -3.44. The highest BCUT2D eigenvalue weighted by Crippen LogP contribution is 2.35. The molecular formula is C20H20FN7O3S2. The lowest BCUT2D eigenvalue weighted by Crippen LogP contribution is -2.48. The number of thiazole rings is 1. The highest BCUT2D eigenvalue weighted by Gasteiger charge is 2.24. The minimum absolute atomic E-state index is 0.282. The fourth-order valence-corrected chi connectivity index (χ4v) is 5.66. The fourth-order valence-electron chi connectivity index (χ4n) is 3.66. The van der Waals surface area contributed by atoms with E-state index in [1.807, 2.05) is 16.0 Å². The van der Waals surface area contributed by atoms with Crippen LogP contribution < -0.4 is 10.0 Å². The van der Waals surface area contributed by atoms with E-state index in [4.69, 9.17) is 0 Å². The van der Waals surface area contributed by atoms with Gasteiger partial charge in [0.05, 0.1) is 11.4 Å². The molecule has 0 spiro atoms. The molecule has 0 bridgehead atoms. The molecule has 33 heavy (non-hydrogen) atoms. The number of hydrogen-bond acceptors (Lipinski definition) is 8. The molecule has 0 unspecified atom stereocenters. The van der Waals surface area contributed by atoms with Crippen LogP contribution in [0.5, 0.6) is 5.75 Å². The maximum Gasteiger partial charge on any atom is 0.279 e. The summed E-state index contributed by atoms with van der Waals surface area (Å²) in [5, 5.41) is 14.8. The maximum absolute atomic E-state index is 13.6. The summed E-state index contributed by atoms with van der Waals surface area (Å²) in [6.45, 7) is 1.54. The number of imidazole rings is 1. The molecular weight excluding hydrogens is 469 g/mol. The van der Waals surface area contributed by atoms with Crippen LogP contribution in [0.1, 0.15) is 6.42 Å². The van der Waals surface area contributed by atoms with E-state index in [-0.39, 0.29) is 6.54 Å². The molecule has 0 radical (unpaired) electrons. The first kappa shape index (κ1) is 21.7. The normalized spacial score (nSPS) is 16.3. The monoisotopic (exact) mass is 489 g/mol. The summed E-state index contributed by atoms with van der Waals surface area (Å²) in [6, 6.07) is 5.81. The van der Waals surface area contributed by atoms with Gasteiger partial charge < -0.3 is 10.4 Å². The summed E-state index contributed by atoms with van der Waals surface area (Å²) in [5.74, 6) is -0.823. The number of hydrogen-bond donors (Lipinski definition) is 3. The summed E-state index contributed by atoms with van der Waals surface area (Å²) in [4.78, 5) is 14.2. The van der Waals surface area contributed by atoms with Crippen molar-refractivity contribution in [2.45, 2.75) is 6.42 Å². The lowest BCUT2D eigenvalue weighted by atomic mass is 10.1. The number of benzene rings is 1. The van der Waals surface area contributed by atoms with E-state index in [1.54, 1.807) is 18.3 Å². The molecule has 0 saturated carbocycles. The van der Waals surface area contributed by atoms with Crippen LogP contribution in [0, 0.1) is 5.82 Å². The van der Waals surface area contributed by atoms with Gasteiger partial charge in [0.25, 0.3) is 10.2 Å². The van der Waals surface area contributed by atoms with E-state index in [1.165, 1.54) is 27.8 Å². The second kappa shape index (κ2) is 8.67. The van der Waals surface area contributed by atoms with Gasteiger partial charge in [-0.2, -0.15) is 12.7 Å². The molecule has 1 aromatic carbocycles. The number of aromatic nitrogens is 4. The summed E-state index contributed by atoms with van der Waals surface area (Å²) in [6.07, 6.45) is 4.21. The van der Waals surface area contributed by atoms with E-state index >= 15 is 0 Å². The van der Waals surface area contributed by atoms with E-state index in [0.717, 1.165) is 11.4 Å². The average molecular weight is 490 g/mol. The van der Waals surface area contributed by atoms with Crippen molar-refractivity contribution < 1.29 is 17.9 Å². The zero-order valence-electron chi connectivity index (χ0n) is 17.3. The highest BCUT2D eigenvalue weighted by atomic mass is 32.2. The number of halogens is 1. The van der Waals surface area contributed by atoms with Crippen molar-refractivity contribution in [2.75, 3.05) is 31.5 Å². The van der Waals surface area contributed by atoms with Crippen molar-refractivity contribution >= 4 is 32.5 Å². The van der Waals surface area contributed by atoms with Gasteiger partial charge in [0, 0.05) is 49.5 Å². The number of rotatable bonds is 6. The molecule has 10 nitrogen and oxygen atoms in total. The van der Waals surface area contributed by atoms with Gasteiger partial charge in [-0.1, -0.05) is 0 Å². The molecule has 3 N–H and O–H groups in total. The van der Waals surface area contributed by atoms with Crippen molar-refractivity contribution in [1.29, 1.82) is 0 Å². The van der Waals surface area contributed by atoms with Crippen molar-refractivity contribution in [3.8, 4) is 28.4 Å². The third-order valence-electron chi connectivity index (χ3n) is 5.23. The van der Waals surface area contributed by atoms with Gasteiger partial charge in [0.1, 0.15) is 5.69 Å². The Morgan fingerprint density at radius 2 is 2.15 bits per heavy atom. The Kier molecular flexibility index (Phi) is 5.70. The molecule has 3 aromatic heterocycles. The Hall–Kier alpha value is -3.13. The number of fused-ring (bicyclic) bond motifs is 1. The van der Waals surface area contributed by atoms with Gasteiger partial charge in [0.2, 0.25) is 5.95 Å². The van der Waals surface area contributed by atoms with Gasteiger partial charge in [0.15, 0.2) is 16.5 Å². The van der Waals surface area contributed by atoms with E-state index in [9.17, 15) is 17.9 Å². The average Bonchev–Trinajstić information content (AvgIpc) is 3.38. The summed E-state index contributed by atoms with van der Waals surface area (Å²) in [5.41, 5.74) is 2.35. The maximum atomic E-state index is 13.6. The predicted octanol–water partition coefficient (Wildman–Crippen LogP) is 2.32. The minimum Gasteiger partial charge on any atom is -0.505 e. The molecule has 0 amide bonds. The Balaban J connectivity index is 1.43. The van der Waals surface area contributed by atoms with E-state index < -0.39 is 21.8 Å². The fraction of sp³-hybridized carbons (Fsp3) is 0.250. The number of phenolic OH excluding ortho intramolecular Hbond substituents is 1. The third kappa shape index (κ3) is 4.27. The zero-order valence-corrected chi connectivity index (χ0v) is 18.9. The van der Waals surface area contributed by atoms with Crippen LogP contribution in [0.4, 0.5) is 10.3 Å². The predicted molar refractivity (Wildman–Crippen MR) is 123 cm³/mol. The van der Waals surface area contributed by atoms with Crippen LogP contribution in [-0.2, 0) is 10.2 Å². The van der Waals surface area contributed by atoms with E-state index in [0.29, 0.717) is 48.2 Å². The van der Waals surface area contributed by atoms with Crippen LogP contribution in [0.15, 0.2) is 42.0 Å². The Morgan fingerprint density at radius 1 is 1.27 bits per heavy atom. The van der Waals surface area contributed by atoms with Crippen LogP contribution in [0.3, 0.4) is 0 Å². The largest absolute Gasteiger partial charge is 0.505 e. The molecule has 4 heterocycles. The van der Waals surface area contributed by atoms with Crippen LogP contribution >= 0.6 is 11.3 Å². The SMILES string of the molecule is O=S1(=O)NCCCN1CCNc1nccc(-c2c(-c3ccc(F)c(O)c3)nc3sccn23)n1. The molecule has 1 fully saturated rings. The lowest BCUT2D eigenvalue weighted by Gasteiger charge is -2.26. The first-order chi connectivity index (χ1) is 15.9. The van der Waals surface area contributed by atoms with Gasteiger partial charge in [-0.05, 0) is 30.7 Å². The molecule has 1 aliphatic rings. The zero-order chi connectivity index (χ0) is 23.0. The first-order valence-electron chi connectivity index (χ1n) is 10.2. The third-order valence-corrected chi connectivity index (χ3v) is 7.60. The van der Waals surface area contributed by atoms with Crippen molar-refractivity contribution in [2.24, 2.45) is 0 Å². The highest BCUT2D eigenvalue weighted by molar-refractivity contribution is 7.87. The summed E-state index contributed by atoms with van der Waals surface area (Å²) < 4.78 is 43.5. The van der Waals surface area contributed by atoms with Gasteiger partial charge >= 0.3 is 0 Å². The second-order valence-electron chi connectivity index (χ2n) is 7.38. The molecule has 4 aromatic rings. The lowest BCUT2D eigenvalue weighted by molar-refractivity contribution is 0.383. The number of nitrogens with zero attached hydrogens (tertiary/aromatic N) is 5. The number of nitrogens with one attached hydrogen (secondary N) is 2. The number of phenols is 1. The Bertz CT molecular complexity index is 1420. The molecule has 5 rings (SSSR count).